The van der Waals surface area contributed by atoms with Gasteiger partial charge in [0.2, 0.25) is 0 Å². The highest BCUT2D eigenvalue weighted by Crippen LogP contribution is 2.11. The van der Waals surface area contributed by atoms with Gasteiger partial charge >= 0.3 is 0 Å². The first kappa shape index (κ1) is 7.88. The van der Waals surface area contributed by atoms with E-state index in [0.29, 0.717) is 5.56 Å². The maximum atomic E-state index is 8.87. The molecular formula is C7H6ClNO2. The monoisotopic (exact) mass is 171 g/mol. The van der Waals surface area contributed by atoms with Gasteiger partial charge in [-0.15, -0.1) is 0 Å². The van der Waals surface area contributed by atoms with Crippen LogP contribution in [0.2, 0.25) is 0 Å². The molecule has 1 aromatic carbocycles. The Balaban J connectivity index is 2.99. The highest BCUT2D eigenvalue weighted by molar-refractivity contribution is 6.69. The summed E-state index contributed by atoms with van der Waals surface area (Å²) in [6.07, 6.45) is 0. The summed E-state index contributed by atoms with van der Waals surface area (Å²) in [6, 6.07) is 6.03. The van der Waals surface area contributed by atoms with E-state index in [0.717, 1.165) is 0 Å². The Hall–Kier alpha value is -1.22. The zero-order valence-corrected chi connectivity index (χ0v) is 6.28. The minimum Gasteiger partial charge on any atom is -0.508 e. The standard InChI is InChI=1S/C7H6ClNO2/c8-7(9-11)5-1-3-6(10)4-2-5/h1-4,10-11H/b9-7+. The van der Waals surface area contributed by atoms with E-state index in [9.17, 15) is 0 Å². The van der Waals surface area contributed by atoms with Crippen molar-refractivity contribution in [2.45, 2.75) is 0 Å². The van der Waals surface area contributed by atoms with Gasteiger partial charge in [0.05, 0.1) is 0 Å². The molecule has 0 saturated carbocycles. The fraction of sp³-hybridized carbons (Fsp3) is 0. The van der Waals surface area contributed by atoms with Crippen LogP contribution in [0.25, 0.3) is 0 Å². The Kier molecular flexibility index (Phi) is 2.33. The molecule has 11 heavy (non-hydrogen) atoms. The lowest BCUT2D eigenvalue weighted by Crippen LogP contribution is -1.88. The fourth-order valence-corrected chi connectivity index (χ4v) is 0.783. The predicted molar refractivity (Wildman–Crippen MR) is 42.3 cm³/mol. The van der Waals surface area contributed by atoms with Crippen molar-refractivity contribution in [1.82, 2.24) is 0 Å². The van der Waals surface area contributed by atoms with Crippen molar-refractivity contribution in [2.75, 3.05) is 0 Å². The van der Waals surface area contributed by atoms with Crippen LogP contribution in [0.3, 0.4) is 0 Å². The number of nitrogens with zero attached hydrogens (tertiary/aromatic N) is 1. The molecule has 1 rings (SSSR count). The molecule has 2 N–H and O–H groups in total. The summed E-state index contributed by atoms with van der Waals surface area (Å²) in [6.45, 7) is 0. The Labute approximate surface area is 68.5 Å². The zero-order valence-electron chi connectivity index (χ0n) is 5.53. The molecule has 0 aliphatic carbocycles. The summed E-state index contributed by atoms with van der Waals surface area (Å²) in [4.78, 5) is 0. The van der Waals surface area contributed by atoms with Crippen LogP contribution in [-0.2, 0) is 0 Å². The van der Waals surface area contributed by atoms with Gasteiger partial charge in [-0.1, -0.05) is 16.8 Å². The maximum Gasteiger partial charge on any atom is 0.175 e. The van der Waals surface area contributed by atoms with Crippen molar-refractivity contribution in [3.63, 3.8) is 0 Å². The van der Waals surface area contributed by atoms with E-state index < -0.39 is 0 Å². The van der Waals surface area contributed by atoms with Crippen LogP contribution in [0.1, 0.15) is 5.56 Å². The van der Waals surface area contributed by atoms with Crippen LogP contribution in [0.15, 0.2) is 29.4 Å². The quantitative estimate of drug-likeness (QED) is 0.384. The number of benzene rings is 1. The van der Waals surface area contributed by atoms with E-state index >= 15 is 0 Å². The van der Waals surface area contributed by atoms with Gasteiger partial charge in [-0.2, -0.15) is 0 Å². The summed E-state index contributed by atoms with van der Waals surface area (Å²) in [7, 11) is 0. The number of phenolic OH excluding ortho intramolecular Hbond substituents is 1. The molecule has 3 nitrogen and oxygen atoms in total. The molecule has 0 unspecified atom stereocenters. The third-order valence-electron chi connectivity index (χ3n) is 1.19. The minimum absolute atomic E-state index is 0.00463. The second kappa shape index (κ2) is 3.25. The topological polar surface area (TPSA) is 52.8 Å². The van der Waals surface area contributed by atoms with Crippen LogP contribution >= 0.6 is 11.6 Å². The van der Waals surface area contributed by atoms with Gasteiger partial charge < -0.3 is 10.3 Å². The number of phenols is 1. The number of rotatable bonds is 1. The summed E-state index contributed by atoms with van der Waals surface area (Å²) in [5.41, 5.74) is 0.562. The summed E-state index contributed by atoms with van der Waals surface area (Å²) < 4.78 is 0. The normalized spacial score (nSPS) is 11.5. The van der Waals surface area contributed by atoms with Crippen LogP contribution in [0.4, 0.5) is 0 Å². The predicted octanol–water partition coefficient (Wildman–Crippen LogP) is 1.77. The van der Waals surface area contributed by atoms with Crippen molar-refractivity contribution < 1.29 is 10.3 Å². The highest BCUT2D eigenvalue weighted by atomic mass is 35.5. The van der Waals surface area contributed by atoms with E-state index in [1.807, 2.05) is 0 Å². The summed E-state index contributed by atoms with van der Waals surface area (Å²) in [5, 5.41) is 19.9. The van der Waals surface area contributed by atoms with Crippen LogP contribution in [0, 0.1) is 0 Å². The Morgan fingerprint density at radius 1 is 1.27 bits per heavy atom. The molecular weight excluding hydrogens is 166 g/mol. The molecule has 0 atom stereocenters. The molecule has 0 amide bonds. The number of hydrogen-bond donors (Lipinski definition) is 2. The molecule has 58 valence electrons. The van der Waals surface area contributed by atoms with Gasteiger partial charge in [0.15, 0.2) is 5.17 Å². The highest BCUT2D eigenvalue weighted by Gasteiger charge is 1.98. The molecule has 0 spiro atoms. The molecule has 0 bridgehead atoms. The number of halogens is 1. The van der Waals surface area contributed by atoms with E-state index in [-0.39, 0.29) is 10.9 Å². The van der Waals surface area contributed by atoms with Crippen molar-refractivity contribution in [2.24, 2.45) is 5.16 Å². The van der Waals surface area contributed by atoms with Gasteiger partial charge in [0, 0.05) is 5.56 Å². The van der Waals surface area contributed by atoms with Crippen LogP contribution < -0.4 is 0 Å². The van der Waals surface area contributed by atoms with E-state index in [4.69, 9.17) is 21.9 Å². The van der Waals surface area contributed by atoms with E-state index in [1.165, 1.54) is 12.1 Å². The second-order valence-electron chi connectivity index (χ2n) is 1.94. The lowest BCUT2D eigenvalue weighted by Gasteiger charge is -1.94. The van der Waals surface area contributed by atoms with Crippen molar-refractivity contribution in [1.29, 1.82) is 0 Å². The van der Waals surface area contributed by atoms with Crippen molar-refractivity contribution in [3.8, 4) is 5.75 Å². The Bertz CT molecular complexity index is 268. The lowest BCUT2D eigenvalue weighted by atomic mass is 10.2. The summed E-state index contributed by atoms with van der Waals surface area (Å²) in [5.74, 6) is 0.149. The zero-order chi connectivity index (χ0) is 8.27. The average Bonchev–Trinajstić information content (AvgIpc) is 2.05. The van der Waals surface area contributed by atoms with Crippen LogP contribution in [-0.4, -0.2) is 15.5 Å². The molecule has 0 aliphatic rings. The molecule has 0 radical (unpaired) electrons. The molecule has 0 heterocycles. The first-order valence-electron chi connectivity index (χ1n) is 2.91. The van der Waals surface area contributed by atoms with E-state index in [2.05, 4.69) is 5.16 Å². The molecule has 0 aliphatic heterocycles. The molecule has 0 fully saturated rings. The summed E-state index contributed by atoms with van der Waals surface area (Å²) >= 11 is 5.46. The smallest absolute Gasteiger partial charge is 0.175 e. The van der Waals surface area contributed by atoms with Gasteiger partial charge in [0.1, 0.15) is 5.75 Å². The SMILES string of the molecule is O/N=C(/Cl)c1ccc(O)cc1. The molecule has 1 aromatic rings. The van der Waals surface area contributed by atoms with Gasteiger partial charge in [-0.3, -0.25) is 0 Å². The number of aromatic hydroxyl groups is 1. The van der Waals surface area contributed by atoms with Crippen molar-refractivity contribution in [3.05, 3.63) is 29.8 Å². The van der Waals surface area contributed by atoms with Crippen LogP contribution in [0.5, 0.6) is 5.75 Å². The first-order valence-corrected chi connectivity index (χ1v) is 3.29. The number of oxime groups is 1. The largest absolute Gasteiger partial charge is 0.508 e. The second-order valence-corrected chi connectivity index (χ2v) is 2.30. The van der Waals surface area contributed by atoms with E-state index in [1.54, 1.807) is 12.1 Å². The average molecular weight is 172 g/mol. The van der Waals surface area contributed by atoms with Gasteiger partial charge in [0.25, 0.3) is 0 Å². The number of hydrogen-bond acceptors (Lipinski definition) is 3. The van der Waals surface area contributed by atoms with Crippen molar-refractivity contribution >= 4 is 16.8 Å². The maximum absolute atomic E-state index is 8.87. The Morgan fingerprint density at radius 3 is 2.27 bits per heavy atom. The minimum atomic E-state index is 0.00463. The van der Waals surface area contributed by atoms with Gasteiger partial charge in [-0.25, -0.2) is 0 Å². The molecule has 0 aromatic heterocycles. The van der Waals surface area contributed by atoms with Gasteiger partial charge in [-0.05, 0) is 24.3 Å². The first-order chi connectivity index (χ1) is 5.24. The lowest BCUT2D eigenvalue weighted by molar-refractivity contribution is 0.321. The third kappa shape index (κ3) is 1.85. The molecule has 0 saturated heterocycles. The molecule has 4 heteroatoms. The Morgan fingerprint density at radius 2 is 1.82 bits per heavy atom. The fourth-order valence-electron chi connectivity index (χ4n) is 0.657. The third-order valence-corrected chi connectivity index (χ3v) is 1.49.